The van der Waals surface area contributed by atoms with Gasteiger partial charge in [0.2, 0.25) is 0 Å². The average molecular weight is 200 g/mol. The van der Waals surface area contributed by atoms with Crippen molar-refractivity contribution < 1.29 is 0 Å². The van der Waals surface area contributed by atoms with E-state index in [1.807, 2.05) is 7.05 Å². The Kier molecular flexibility index (Phi) is 3.26. The third-order valence-corrected chi connectivity index (χ3v) is 2.55. The Labute approximate surface area is 91.1 Å². The van der Waals surface area contributed by atoms with Crippen LogP contribution >= 0.6 is 0 Å². The Bertz CT molecular complexity index is 399. The van der Waals surface area contributed by atoms with Gasteiger partial charge in [-0.3, -0.25) is 0 Å². The van der Waals surface area contributed by atoms with Gasteiger partial charge >= 0.3 is 0 Å². The van der Waals surface area contributed by atoms with E-state index in [0.717, 1.165) is 31.5 Å². The molecule has 0 unspecified atom stereocenters. The minimum absolute atomic E-state index is 0.909. The first-order valence-electron chi connectivity index (χ1n) is 5.40. The van der Waals surface area contributed by atoms with Gasteiger partial charge in [0.1, 0.15) is 0 Å². The van der Waals surface area contributed by atoms with Crippen LogP contribution in [0.15, 0.2) is 18.2 Å². The van der Waals surface area contributed by atoms with Crippen molar-refractivity contribution >= 4 is 5.69 Å². The van der Waals surface area contributed by atoms with E-state index in [0.29, 0.717) is 0 Å². The van der Waals surface area contributed by atoms with Gasteiger partial charge in [-0.2, -0.15) is 0 Å². The highest BCUT2D eigenvalue weighted by molar-refractivity contribution is 5.58. The third-order valence-electron chi connectivity index (χ3n) is 2.55. The van der Waals surface area contributed by atoms with Crippen molar-refractivity contribution in [3.05, 3.63) is 29.3 Å². The molecular formula is C13H16N2. The monoisotopic (exact) mass is 200 g/mol. The molecule has 1 aliphatic rings. The van der Waals surface area contributed by atoms with E-state index in [4.69, 9.17) is 0 Å². The van der Waals surface area contributed by atoms with Gasteiger partial charge in [-0.1, -0.05) is 11.8 Å². The molecular weight excluding hydrogens is 184 g/mol. The molecule has 0 radical (unpaired) electrons. The minimum atomic E-state index is 0.909. The second-order valence-corrected chi connectivity index (χ2v) is 3.70. The summed E-state index contributed by atoms with van der Waals surface area (Å²) in [5.41, 5.74) is 3.81. The molecule has 0 atom stereocenters. The van der Waals surface area contributed by atoms with Gasteiger partial charge in [0.15, 0.2) is 0 Å². The predicted molar refractivity (Wildman–Crippen MR) is 64.1 cm³/mol. The number of fused-ring (bicyclic) bond motifs is 1. The van der Waals surface area contributed by atoms with E-state index in [1.165, 1.54) is 11.3 Å². The first-order chi connectivity index (χ1) is 7.40. The minimum Gasteiger partial charge on any atom is -0.384 e. The zero-order valence-corrected chi connectivity index (χ0v) is 9.06. The molecule has 1 aromatic carbocycles. The lowest BCUT2D eigenvalue weighted by molar-refractivity contribution is 0.818. The maximum Gasteiger partial charge on any atom is 0.0374 e. The van der Waals surface area contributed by atoms with Crippen molar-refractivity contribution in [3.63, 3.8) is 0 Å². The molecule has 2 N–H and O–H groups in total. The number of anilines is 1. The van der Waals surface area contributed by atoms with Crippen molar-refractivity contribution in [3.8, 4) is 11.8 Å². The van der Waals surface area contributed by atoms with Gasteiger partial charge in [-0.05, 0) is 37.2 Å². The van der Waals surface area contributed by atoms with E-state index < -0.39 is 0 Å². The first kappa shape index (κ1) is 10.1. The van der Waals surface area contributed by atoms with Gasteiger partial charge in [0.25, 0.3) is 0 Å². The fourth-order valence-electron chi connectivity index (χ4n) is 1.73. The zero-order valence-electron chi connectivity index (χ0n) is 9.06. The lowest BCUT2D eigenvalue weighted by Crippen LogP contribution is -2.05. The van der Waals surface area contributed by atoms with Crippen LogP contribution in [0, 0.1) is 11.8 Å². The Morgan fingerprint density at radius 3 is 3.27 bits per heavy atom. The van der Waals surface area contributed by atoms with Crippen LogP contribution < -0.4 is 10.6 Å². The second-order valence-electron chi connectivity index (χ2n) is 3.70. The summed E-state index contributed by atoms with van der Waals surface area (Å²) >= 11 is 0. The summed E-state index contributed by atoms with van der Waals surface area (Å²) < 4.78 is 0. The van der Waals surface area contributed by atoms with Crippen molar-refractivity contribution in [2.75, 3.05) is 25.5 Å². The summed E-state index contributed by atoms with van der Waals surface area (Å²) in [6.45, 7) is 2.02. The maximum absolute atomic E-state index is 3.35. The van der Waals surface area contributed by atoms with Gasteiger partial charge in [0.05, 0.1) is 0 Å². The molecule has 2 heteroatoms. The van der Waals surface area contributed by atoms with Crippen LogP contribution in [0.2, 0.25) is 0 Å². The molecule has 0 bridgehead atoms. The molecule has 1 heterocycles. The SMILES string of the molecule is CNCCC#Cc1ccc2c(c1)CCN2. The van der Waals surface area contributed by atoms with Gasteiger partial charge in [-0.15, -0.1) is 0 Å². The van der Waals surface area contributed by atoms with E-state index >= 15 is 0 Å². The maximum atomic E-state index is 3.35. The summed E-state index contributed by atoms with van der Waals surface area (Å²) in [6.07, 6.45) is 2.03. The van der Waals surface area contributed by atoms with Gasteiger partial charge in [0, 0.05) is 30.8 Å². The molecule has 0 fully saturated rings. The molecule has 0 saturated carbocycles. The molecule has 15 heavy (non-hydrogen) atoms. The Morgan fingerprint density at radius 1 is 1.47 bits per heavy atom. The number of benzene rings is 1. The second kappa shape index (κ2) is 4.86. The number of hydrogen-bond acceptors (Lipinski definition) is 2. The molecule has 0 spiro atoms. The van der Waals surface area contributed by atoms with Crippen LogP contribution in [0.5, 0.6) is 0 Å². The van der Waals surface area contributed by atoms with Crippen molar-refractivity contribution in [1.82, 2.24) is 5.32 Å². The van der Waals surface area contributed by atoms with Crippen LogP contribution in [0.1, 0.15) is 17.5 Å². The number of hydrogen-bond donors (Lipinski definition) is 2. The molecule has 0 aromatic heterocycles. The van der Waals surface area contributed by atoms with Gasteiger partial charge in [-0.25, -0.2) is 0 Å². The van der Waals surface area contributed by atoms with Crippen LogP contribution in [-0.4, -0.2) is 20.1 Å². The highest BCUT2D eigenvalue weighted by atomic mass is 14.9. The zero-order chi connectivity index (χ0) is 10.5. The summed E-state index contributed by atoms with van der Waals surface area (Å²) in [5, 5.41) is 6.43. The summed E-state index contributed by atoms with van der Waals surface area (Å²) in [6, 6.07) is 6.41. The largest absolute Gasteiger partial charge is 0.384 e. The Morgan fingerprint density at radius 2 is 2.40 bits per heavy atom. The molecule has 1 aromatic rings. The van der Waals surface area contributed by atoms with E-state index in [2.05, 4.69) is 40.7 Å². The number of nitrogens with one attached hydrogen (secondary N) is 2. The van der Waals surface area contributed by atoms with Crippen molar-refractivity contribution in [2.45, 2.75) is 12.8 Å². The highest BCUT2D eigenvalue weighted by Crippen LogP contribution is 2.22. The van der Waals surface area contributed by atoms with Crippen LogP contribution in [0.25, 0.3) is 0 Å². The lowest BCUT2D eigenvalue weighted by atomic mass is 10.1. The average Bonchev–Trinajstić information content (AvgIpc) is 2.71. The highest BCUT2D eigenvalue weighted by Gasteiger charge is 2.08. The molecule has 2 rings (SSSR count). The summed E-state index contributed by atoms with van der Waals surface area (Å²) in [5.74, 6) is 6.35. The van der Waals surface area contributed by atoms with E-state index in [9.17, 15) is 0 Å². The Hall–Kier alpha value is -1.46. The third kappa shape index (κ3) is 2.51. The lowest BCUT2D eigenvalue weighted by Gasteiger charge is -1.98. The van der Waals surface area contributed by atoms with Crippen LogP contribution in [0.4, 0.5) is 5.69 Å². The van der Waals surface area contributed by atoms with E-state index in [1.54, 1.807) is 0 Å². The Balaban J connectivity index is 2.05. The number of rotatable bonds is 2. The summed E-state index contributed by atoms with van der Waals surface area (Å²) in [4.78, 5) is 0. The molecule has 2 nitrogen and oxygen atoms in total. The van der Waals surface area contributed by atoms with Crippen LogP contribution in [-0.2, 0) is 6.42 Å². The van der Waals surface area contributed by atoms with Gasteiger partial charge < -0.3 is 10.6 Å². The predicted octanol–water partition coefficient (Wildman–Crippen LogP) is 1.62. The topological polar surface area (TPSA) is 24.1 Å². The summed E-state index contributed by atoms with van der Waals surface area (Å²) in [7, 11) is 1.95. The molecule has 1 aliphatic heterocycles. The smallest absolute Gasteiger partial charge is 0.0374 e. The van der Waals surface area contributed by atoms with E-state index in [-0.39, 0.29) is 0 Å². The normalized spacial score (nSPS) is 12.6. The van der Waals surface area contributed by atoms with Crippen molar-refractivity contribution in [2.24, 2.45) is 0 Å². The molecule has 0 aliphatic carbocycles. The van der Waals surface area contributed by atoms with Crippen LogP contribution in [0.3, 0.4) is 0 Å². The molecule has 78 valence electrons. The first-order valence-corrected chi connectivity index (χ1v) is 5.40. The molecule has 0 saturated heterocycles. The molecule has 0 amide bonds. The van der Waals surface area contributed by atoms with Crippen molar-refractivity contribution in [1.29, 1.82) is 0 Å². The fraction of sp³-hybridized carbons (Fsp3) is 0.385. The standard InChI is InChI=1S/C13H16N2/c1-14-8-3-2-4-11-5-6-13-12(10-11)7-9-15-13/h5-6,10,14-15H,3,7-9H2,1H3. The quantitative estimate of drug-likeness (QED) is 0.560. The fourth-order valence-corrected chi connectivity index (χ4v) is 1.73.